The molecule has 1 saturated heterocycles. The van der Waals surface area contributed by atoms with Gasteiger partial charge in [-0.25, -0.2) is 9.97 Å². The second kappa shape index (κ2) is 5.66. The molecule has 1 spiro atoms. The molecule has 6 nitrogen and oxygen atoms in total. The summed E-state index contributed by atoms with van der Waals surface area (Å²) in [5.74, 6) is 2.15. The highest BCUT2D eigenvalue weighted by Gasteiger charge is 2.48. The number of likely N-dealkylation sites (tertiary alicyclic amines) is 1. The van der Waals surface area contributed by atoms with Gasteiger partial charge in [-0.05, 0) is 44.9 Å². The van der Waals surface area contributed by atoms with Crippen molar-refractivity contribution in [3.8, 4) is 0 Å². The zero-order chi connectivity index (χ0) is 17.0. The molecule has 2 aliphatic heterocycles. The van der Waals surface area contributed by atoms with Gasteiger partial charge in [0.1, 0.15) is 0 Å². The molecular formula is C19H26N4O2. The van der Waals surface area contributed by atoms with Crippen LogP contribution in [-0.2, 0) is 21.6 Å². The molecule has 134 valence electrons. The van der Waals surface area contributed by atoms with Crippen LogP contribution >= 0.6 is 0 Å². The van der Waals surface area contributed by atoms with E-state index in [9.17, 15) is 4.79 Å². The number of ether oxygens (including phenoxy) is 1. The van der Waals surface area contributed by atoms with Crippen LogP contribution in [-0.4, -0.2) is 47.0 Å². The summed E-state index contributed by atoms with van der Waals surface area (Å²) < 4.78 is 5.93. The maximum Gasteiger partial charge on any atom is 0.225 e. The van der Waals surface area contributed by atoms with Gasteiger partial charge in [-0.15, -0.1) is 0 Å². The number of nitrogens with zero attached hydrogens (tertiary/aromatic N) is 3. The van der Waals surface area contributed by atoms with Crippen molar-refractivity contribution in [3.63, 3.8) is 0 Å². The fourth-order valence-electron chi connectivity index (χ4n) is 4.22. The highest BCUT2D eigenvalue weighted by atomic mass is 16.5. The maximum absolute atomic E-state index is 12.5. The minimum absolute atomic E-state index is 0.151. The van der Waals surface area contributed by atoms with Crippen molar-refractivity contribution in [2.45, 2.75) is 51.0 Å². The lowest BCUT2D eigenvalue weighted by atomic mass is 9.80. The Kier molecular flexibility index (Phi) is 3.52. The molecule has 1 atom stereocenters. The first-order valence-electron chi connectivity index (χ1n) is 9.63. The van der Waals surface area contributed by atoms with Gasteiger partial charge in [-0.1, -0.05) is 0 Å². The standard InChI is InChI=1S/C19H26N4O2/c1-12-15-9-25-11-19(6-7-23(10-19)17(24)14-4-5-14)16(15)22-18(21-12)20-8-13-2-3-13/h13-14H,2-11H2,1H3,(H,20,21,22). The van der Waals surface area contributed by atoms with E-state index in [2.05, 4.69) is 10.3 Å². The molecule has 3 heterocycles. The van der Waals surface area contributed by atoms with Crippen molar-refractivity contribution < 1.29 is 9.53 Å². The fraction of sp³-hybridized carbons (Fsp3) is 0.737. The average Bonchev–Trinajstić information content (AvgIpc) is 3.52. The van der Waals surface area contributed by atoms with Crippen molar-refractivity contribution >= 4 is 11.9 Å². The Bertz CT molecular complexity index is 714. The van der Waals surface area contributed by atoms with Gasteiger partial charge in [-0.3, -0.25) is 4.79 Å². The molecule has 25 heavy (non-hydrogen) atoms. The molecule has 1 amide bonds. The van der Waals surface area contributed by atoms with Gasteiger partial charge in [0.25, 0.3) is 0 Å². The van der Waals surface area contributed by atoms with Gasteiger partial charge in [0, 0.05) is 36.8 Å². The predicted molar refractivity (Wildman–Crippen MR) is 93.2 cm³/mol. The molecule has 1 N–H and O–H groups in total. The summed E-state index contributed by atoms with van der Waals surface area (Å²) in [6.07, 6.45) is 5.69. The van der Waals surface area contributed by atoms with Gasteiger partial charge in [0.2, 0.25) is 11.9 Å². The predicted octanol–water partition coefficient (Wildman–Crippen LogP) is 2.02. The highest BCUT2D eigenvalue weighted by Crippen LogP contribution is 2.42. The average molecular weight is 342 g/mol. The number of amides is 1. The Labute approximate surface area is 148 Å². The van der Waals surface area contributed by atoms with E-state index in [1.807, 2.05) is 11.8 Å². The van der Waals surface area contributed by atoms with E-state index in [-0.39, 0.29) is 11.3 Å². The molecule has 3 fully saturated rings. The lowest BCUT2D eigenvalue weighted by Crippen LogP contribution is -2.42. The zero-order valence-electron chi connectivity index (χ0n) is 14.9. The first-order valence-corrected chi connectivity index (χ1v) is 9.63. The van der Waals surface area contributed by atoms with Crippen LogP contribution in [0, 0.1) is 18.8 Å². The van der Waals surface area contributed by atoms with Crippen molar-refractivity contribution in [2.24, 2.45) is 11.8 Å². The van der Waals surface area contributed by atoms with E-state index in [0.29, 0.717) is 19.1 Å². The number of anilines is 1. The Morgan fingerprint density at radius 2 is 2.16 bits per heavy atom. The van der Waals surface area contributed by atoms with E-state index in [4.69, 9.17) is 9.72 Å². The number of carbonyl (C=O) groups is 1. The molecule has 2 saturated carbocycles. The van der Waals surface area contributed by atoms with Gasteiger partial charge < -0.3 is 15.0 Å². The van der Waals surface area contributed by atoms with Crippen LogP contribution in [0.5, 0.6) is 0 Å². The number of aryl methyl sites for hydroxylation is 1. The summed E-state index contributed by atoms with van der Waals surface area (Å²) in [6.45, 7) is 5.83. The second-order valence-electron chi connectivity index (χ2n) is 8.34. The largest absolute Gasteiger partial charge is 0.376 e. The van der Waals surface area contributed by atoms with Crippen LogP contribution in [0.2, 0.25) is 0 Å². The lowest BCUT2D eigenvalue weighted by Gasteiger charge is -2.35. The molecule has 0 bridgehead atoms. The summed E-state index contributed by atoms with van der Waals surface area (Å²) in [7, 11) is 0. The maximum atomic E-state index is 12.5. The van der Waals surface area contributed by atoms with Crippen LogP contribution in [0.25, 0.3) is 0 Å². The van der Waals surface area contributed by atoms with Crippen molar-refractivity contribution in [1.29, 1.82) is 0 Å². The number of carbonyl (C=O) groups excluding carboxylic acids is 1. The number of aromatic nitrogens is 2. The molecule has 0 aromatic carbocycles. The van der Waals surface area contributed by atoms with E-state index in [1.165, 1.54) is 12.8 Å². The van der Waals surface area contributed by atoms with E-state index >= 15 is 0 Å². The quantitative estimate of drug-likeness (QED) is 0.907. The van der Waals surface area contributed by atoms with Crippen molar-refractivity contribution in [1.82, 2.24) is 14.9 Å². The summed E-state index contributed by atoms with van der Waals surface area (Å²) in [4.78, 5) is 24.1. The smallest absolute Gasteiger partial charge is 0.225 e. The number of hydrogen-bond acceptors (Lipinski definition) is 5. The minimum Gasteiger partial charge on any atom is -0.376 e. The summed E-state index contributed by atoms with van der Waals surface area (Å²) in [5.41, 5.74) is 3.11. The van der Waals surface area contributed by atoms with E-state index < -0.39 is 0 Å². The van der Waals surface area contributed by atoms with Crippen LogP contribution in [0.3, 0.4) is 0 Å². The third-order valence-electron chi connectivity index (χ3n) is 6.18. The lowest BCUT2D eigenvalue weighted by molar-refractivity contribution is -0.131. The number of nitrogens with one attached hydrogen (secondary N) is 1. The van der Waals surface area contributed by atoms with Gasteiger partial charge >= 0.3 is 0 Å². The molecule has 6 heteroatoms. The molecule has 1 unspecified atom stereocenters. The first kappa shape index (κ1) is 15.6. The first-order chi connectivity index (χ1) is 12.1. The molecule has 1 aromatic rings. The molecular weight excluding hydrogens is 316 g/mol. The van der Waals surface area contributed by atoms with Crippen molar-refractivity contribution in [2.75, 3.05) is 31.6 Å². The summed E-state index contributed by atoms with van der Waals surface area (Å²) >= 11 is 0. The molecule has 4 aliphatic rings. The van der Waals surface area contributed by atoms with Gasteiger partial charge in [0.15, 0.2) is 0 Å². The number of rotatable bonds is 4. The Morgan fingerprint density at radius 1 is 1.32 bits per heavy atom. The van der Waals surface area contributed by atoms with Crippen LogP contribution in [0.15, 0.2) is 0 Å². The zero-order valence-corrected chi connectivity index (χ0v) is 14.9. The second-order valence-corrected chi connectivity index (χ2v) is 8.34. The van der Waals surface area contributed by atoms with Crippen LogP contribution < -0.4 is 5.32 Å². The number of fused-ring (bicyclic) bond motifs is 2. The minimum atomic E-state index is -0.151. The highest BCUT2D eigenvalue weighted by molar-refractivity contribution is 5.81. The molecule has 0 radical (unpaired) electrons. The normalized spacial score (nSPS) is 28.3. The number of hydrogen-bond donors (Lipinski definition) is 1. The van der Waals surface area contributed by atoms with Gasteiger partial charge in [-0.2, -0.15) is 0 Å². The van der Waals surface area contributed by atoms with E-state index in [1.54, 1.807) is 0 Å². The third kappa shape index (κ3) is 2.80. The van der Waals surface area contributed by atoms with E-state index in [0.717, 1.165) is 67.7 Å². The third-order valence-corrected chi connectivity index (χ3v) is 6.18. The molecule has 1 aromatic heterocycles. The summed E-state index contributed by atoms with van der Waals surface area (Å²) in [5, 5.41) is 3.42. The van der Waals surface area contributed by atoms with Crippen LogP contribution in [0.1, 0.15) is 49.1 Å². The SMILES string of the molecule is Cc1nc(NCC2CC2)nc2c1COCC21CCN(C(=O)C2CC2)C1. The Hall–Kier alpha value is -1.69. The van der Waals surface area contributed by atoms with Gasteiger partial charge in [0.05, 0.1) is 24.3 Å². The Balaban J connectivity index is 1.43. The van der Waals surface area contributed by atoms with Crippen molar-refractivity contribution in [3.05, 3.63) is 17.0 Å². The Morgan fingerprint density at radius 3 is 2.92 bits per heavy atom. The van der Waals surface area contributed by atoms with Crippen LogP contribution in [0.4, 0.5) is 5.95 Å². The monoisotopic (exact) mass is 342 g/mol. The molecule has 5 rings (SSSR count). The topological polar surface area (TPSA) is 67.4 Å². The fourth-order valence-corrected chi connectivity index (χ4v) is 4.22. The summed E-state index contributed by atoms with van der Waals surface area (Å²) in [6, 6.07) is 0. The molecule has 2 aliphatic carbocycles.